The second kappa shape index (κ2) is 8.90. The molecule has 3 heterocycles. The smallest absolute Gasteiger partial charge is 0.228 e. The fourth-order valence-corrected chi connectivity index (χ4v) is 4.71. The van der Waals surface area contributed by atoms with Crippen molar-refractivity contribution in [3.63, 3.8) is 0 Å². The van der Waals surface area contributed by atoms with Crippen LogP contribution in [0.2, 0.25) is 0 Å². The van der Waals surface area contributed by atoms with E-state index in [1.807, 2.05) is 48.5 Å². The van der Waals surface area contributed by atoms with Gasteiger partial charge >= 0.3 is 0 Å². The first-order chi connectivity index (χ1) is 14.5. The van der Waals surface area contributed by atoms with Crippen LogP contribution in [0.1, 0.15) is 37.3 Å². The highest BCUT2D eigenvalue weighted by Gasteiger charge is 2.41. The molecule has 2 aliphatic rings. The summed E-state index contributed by atoms with van der Waals surface area (Å²) in [5.74, 6) is 1.19. The lowest BCUT2D eigenvalue weighted by molar-refractivity contribution is -0.148. The summed E-state index contributed by atoms with van der Waals surface area (Å²) in [5.41, 5.74) is 0.923. The average Bonchev–Trinajstić information content (AvgIpc) is 3.20. The van der Waals surface area contributed by atoms with E-state index in [1.54, 1.807) is 22.8 Å². The van der Waals surface area contributed by atoms with Gasteiger partial charge in [0.1, 0.15) is 5.75 Å². The first-order valence-electron chi connectivity index (χ1n) is 10.7. The normalized spacial score (nSPS) is 24.7. The summed E-state index contributed by atoms with van der Waals surface area (Å²) < 4.78 is 7.67. The predicted octanol–water partition coefficient (Wildman–Crippen LogP) is 2.65. The Kier molecular flexibility index (Phi) is 6.06. The van der Waals surface area contributed by atoms with Gasteiger partial charge in [-0.3, -0.25) is 14.3 Å². The number of benzene rings is 1. The number of amides is 2. The molecule has 2 fully saturated rings. The fourth-order valence-electron chi connectivity index (χ4n) is 4.71. The topological polar surface area (TPSA) is 67.7 Å². The molecule has 4 rings (SSSR count). The van der Waals surface area contributed by atoms with Crippen molar-refractivity contribution in [2.45, 2.75) is 31.7 Å². The van der Waals surface area contributed by atoms with Crippen LogP contribution < -0.4 is 4.74 Å². The zero-order valence-corrected chi connectivity index (χ0v) is 17.7. The van der Waals surface area contributed by atoms with Crippen molar-refractivity contribution in [3.05, 3.63) is 48.3 Å². The van der Waals surface area contributed by atoms with Crippen molar-refractivity contribution >= 4 is 11.8 Å². The van der Waals surface area contributed by atoms with Gasteiger partial charge < -0.3 is 14.5 Å². The molecule has 3 unspecified atom stereocenters. The van der Waals surface area contributed by atoms with E-state index in [4.69, 9.17) is 4.74 Å². The van der Waals surface area contributed by atoms with E-state index in [9.17, 15) is 9.59 Å². The molecule has 1 aromatic carbocycles. The minimum absolute atomic E-state index is 0.0840. The molecule has 7 heteroatoms. The lowest BCUT2D eigenvalue weighted by Gasteiger charge is -2.41. The first kappa shape index (κ1) is 20.4. The average molecular weight is 411 g/mol. The van der Waals surface area contributed by atoms with Crippen LogP contribution in [0.25, 0.3) is 0 Å². The van der Waals surface area contributed by atoms with E-state index < -0.39 is 0 Å². The Morgan fingerprint density at radius 2 is 2.00 bits per heavy atom. The Hall–Kier alpha value is -2.83. The van der Waals surface area contributed by atoms with Crippen LogP contribution >= 0.6 is 0 Å². The zero-order valence-electron chi connectivity index (χ0n) is 17.7. The molecular weight excluding hydrogens is 380 g/mol. The molecule has 0 spiro atoms. The number of carbonyl (C=O) groups excluding carboxylic acids is 2. The molecule has 0 aliphatic carbocycles. The van der Waals surface area contributed by atoms with Crippen molar-refractivity contribution < 1.29 is 14.3 Å². The van der Waals surface area contributed by atoms with Crippen molar-refractivity contribution in [1.82, 2.24) is 19.6 Å². The minimum atomic E-state index is -0.256. The van der Waals surface area contributed by atoms with E-state index >= 15 is 0 Å². The number of rotatable bonds is 5. The summed E-state index contributed by atoms with van der Waals surface area (Å²) in [4.78, 5) is 29.6. The third-order valence-corrected chi connectivity index (χ3v) is 6.30. The van der Waals surface area contributed by atoms with Gasteiger partial charge in [-0.25, -0.2) is 0 Å². The molecule has 0 radical (unpaired) electrons. The third kappa shape index (κ3) is 4.35. The summed E-state index contributed by atoms with van der Waals surface area (Å²) in [6, 6.07) is 9.56. The molecule has 2 amide bonds. The van der Waals surface area contributed by atoms with Gasteiger partial charge in [0.15, 0.2) is 0 Å². The van der Waals surface area contributed by atoms with Crippen molar-refractivity contribution in [1.29, 1.82) is 0 Å². The molecule has 2 saturated heterocycles. The number of nitrogens with zero attached hydrogens (tertiary/aromatic N) is 4. The van der Waals surface area contributed by atoms with Crippen molar-refractivity contribution in [2.75, 3.05) is 26.7 Å². The summed E-state index contributed by atoms with van der Waals surface area (Å²) in [5, 5.41) is 4.26. The fraction of sp³-hybridized carbons (Fsp3) is 0.522. The number of aromatic nitrogens is 2. The largest absolute Gasteiger partial charge is 0.493 e. The van der Waals surface area contributed by atoms with E-state index in [-0.39, 0.29) is 23.8 Å². The summed E-state index contributed by atoms with van der Waals surface area (Å²) >= 11 is 0. The van der Waals surface area contributed by atoms with Gasteiger partial charge in [0.25, 0.3) is 0 Å². The number of carbonyl (C=O) groups is 2. The van der Waals surface area contributed by atoms with Gasteiger partial charge in [0.2, 0.25) is 11.8 Å². The molecule has 0 saturated carbocycles. The Labute approximate surface area is 177 Å². The Morgan fingerprint density at radius 1 is 1.20 bits per heavy atom. The molecule has 7 nitrogen and oxygen atoms in total. The highest BCUT2D eigenvalue weighted by Crippen LogP contribution is 2.37. The summed E-state index contributed by atoms with van der Waals surface area (Å²) in [6.07, 6.45) is 6.72. The second-order valence-corrected chi connectivity index (χ2v) is 8.46. The zero-order chi connectivity index (χ0) is 21.1. The molecule has 160 valence electrons. The minimum Gasteiger partial charge on any atom is -0.493 e. The summed E-state index contributed by atoms with van der Waals surface area (Å²) in [7, 11) is 3.65. The van der Waals surface area contributed by atoms with Gasteiger partial charge in [-0.15, -0.1) is 0 Å². The molecule has 0 bridgehead atoms. The summed E-state index contributed by atoms with van der Waals surface area (Å²) in [6.45, 7) is 2.09. The van der Waals surface area contributed by atoms with Crippen molar-refractivity contribution in [2.24, 2.45) is 18.9 Å². The lowest BCUT2D eigenvalue weighted by Crippen LogP contribution is -2.50. The van der Waals surface area contributed by atoms with Crippen LogP contribution in [0.4, 0.5) is 0 Å². The Bertz CT molecular complexity index is 882. The molecule has 1 aromatic heterocycles. The van der Waals surface area contributed by atoms with Crippen LogP contribution in [0.5, 0.6) is 5.75 Å². The first-order valence-corrected chi connectivity index (χ1v) is 10.7. The molecular formula is C23H30N4O3. The maximum absolute atomic E-state index is 13.5. The number of hydrogen-bond donors (Lipinski definition) is 0. The van der Waals surface area contributed by atoms with Gasteiger partial charge in [0, 0.05) is 51.3 Å². The van der Waals surface area contributed by atoms with E-state index in [2.05, 4.69) is 5.10 Å². The number of ether oxygens (including phenoxy) is 1. The van der Waals surface area contributed by atoms with Crippen LogP contribution in [-0.4, -0.2) is 58.1 Å². The number of likely N-dealkylation sites (tertiary alicyclic amines) is 2. The maximum atomic E-state index is 13.5. The van der Waals surface area contributed by atoms with Gasteiger partial charge in [-0.05, 0) is 31.4 Å². The molecule has 3 atom stereocenters. The highest BCUT2D eigenvalue weighted by molar-refractivity contribution is 5.85. The Balaban J connectivity index is 1.44. The number of aryl methyl sites for hydroxylation is 1. The predicted molar refractivity (Wildman–Crippen MR) is 113 cm³/mol. The SMILES string of the molecule is CN1C(=O)CCC(C(=O)N2CCCC(COc3ccccc3)C2)C1c1cnn(C)c1. The van der Waals surface area contributed by atoms with Gasteiger partial charge in [-0.2, -0.15) is 5.10 Å². The van der Waals surface area contributed by atoms with E-state index in [1.165, 1.54) is 0 Å². The van der Waals surface area contributed by atoms with E-state index in [0.717, 1.165) is 30.7 Å². The molecule has 2 aliphatic heterocycles. The maximum Gasteiger partial charge on any atom is 0.228 e. The third-order valence-electron chi connectivity index (χ3n) is 6.30. The lowest BCUT2D eigenvalue weighted by atomic mass is 9.84. The monoisotopic (exact) mass is 410 g/mol. The standard InChI is InChI=1S/C23H30N4O3/c1-25-15-18(13-24-25)22-20(10-11-21(28)26(22)2)23(29)27-12-6-7-17(14-27)16-30-19-8-4-3-5-9-19/h3-5,8-9,13,15,17,20,22H,6-7,10-12,14,16H2,1-2H3. The van der Waals surface area contributed by atoms with Gasteiger partial charge in [0.05, 0.1) is 24.8 Å². The van der Waals surface area contributed by atoms with Crippen LogP contribution in [-0.2, 0) is 16.6 Å². The van der Waals surface area contributed by atoms with Crippen molar-refractivity contribution in [3.8, 4) is 5.75 Å². The molecule has 2 aromatic rings. The van der Waals surface area contributed by atoms with Crippen LogP contribution in [0.3, 0.4) is 0 Å². The Morgan fingerprint density at radius 3 is 2.73 bits per heavy atom. The van der Waals surface area contributed by atoms with E-state index in [0.29, 0.717) is 31.9 Å². The molecule has 30 heavy (non-hydrogen) atoms. The van der Waals surface area contributed by atoms with Crippen LogP contribution in [0.15, 0.2) is 42.7 Å². The number of para-hydroxylation sites is 1. The number of piperidine rings is 2. The van der Waals surface area contributed by atoms with Gasteiger partial charge in [-0.1, -0.05) is 18.2 Å². The second-order valence-electron chi connectivity index (χ2n) is 8.46. The highest BCUT2D eigenvalue weighted by atomic mass is 16.5. The quantitative estimate of drug-likeness (QED) is 0.760. The number of hydrogen-bond acceptors (Lipinski definition) is 4. The molecule has 0 N–H and O–H groups in total. The van der Waals surface area contributed by atoms with Crippen LogP contribution in [0, 0.1) is 11.8 Å².